The maximum absolute atomic E-state index is 12.7. The zero-order valence-electron chi connectivity index (χ0n) is 13.9. The third-order valence-electron chi connectivity index (χ3n) is 3.28. The molecule has 0 saturated heterocycles. The minimum Gasteiger partial charge on any atom is -0.513 e. The molecule has 0 unspecified atom stereocenters. The first-order valence-electron chi connectivity index (χ1n) is 7.84. The van der Waals surface area contributed by atoms with E-state index in [9.17, 15) is 4.39 Å². The highest BCUT2D eigenvalue weighted by atomic mass is 19.1. The van der Waals surface area contributed by atoms with E-state index in [0.29, 0.717) is 5.92 Å². The topological polar surface area (TPSA) is 20.2 Å². The highest BCUT2D eigenvalue weighted by molar-refractivity contribution is 5.20. The Morgan fingerprint density at radius 1 is 1.18 bits per heavy atom. The summed E-state index contributed by atoms with van der Waals surface area (Å²) in [5, 5.41) is 7.86. The van der Waals surface area contributed by atoms with E-state index >= 15 is 0 Å². The molecule has 2 heteroatoms. The number of hydrogen-bond donors (Lipinski definition) is 1. The summed E-state index contributed by atoms with van der Waals surface area (Å²) in [7, 11) is 0. The van der Waals surface area contributed by atoms with Gasteiger partial charge in [-0.05, 0) is 50.3 Å². The largest absolute Gasteiger partial charge is 0.513 e. The fraction of sp³-hybridized carbons (Fsp3) is 0.400. The van der Waals surface area contributed by atoms with Crippen molar-refractivity contribution in [2.24, 2.45) is 0 Å². The molecule has 0 aliphatic heterocycles. The van der Waals surface area contributed by atoms with Crippen molar-refractivity contribution in [1.82, 2.24) is 0 Å². The smallest absolute Gasteiger partial charge is 0.123 e. The number of aliphatic hydroxyl groups is 1. The first kappa shape index (κ1) is 20.2. The van der Waals surface area contributed by atoms with Crippen molar-refractivity contribution in [3.05, 3.63) is 72.8 Å². The molecule has 1 N–H and O–H groups in total. The van der Waals surface area contributed by atoms with Crippen LogP contribution in [0.15, 0.2) is 61.4 Å². The third kappa shape index (κ3) is 10.9. The summed E-state index contributed by atoms with van der Waals surface area (Å²) >= 11 is 0. The zero-order chi connectivity index (χ0) is 16.8. The molecule has 1 aromatic rings. The van der Waals surface area contributed by atoms with Gasteiger partial charge >= 0.3 is 0 Å². The number of halogens is 1. The van der Waals surface area contributed by atoms with E-state index in [1.165, 1.54) is 44.6 Å². The van der Waals surface area contributed by atoms with Crippen LogP contribution in [0.4, 0.5) is 4.39 Å². The van der Waals surface area contributed by atoms with Crippen LogP contribution < -0.4 is 0 Å². The summed E-state index contributed by atoms with van der Waals surface area (Å²) in [5.41, 5.74) is 1.32. The molecule has 1 saturated carbocycles. The van der Waals surface area contributed by atoms with Gasteiger partial charge in [0, 0.05) is 0 Å². The summed E-state index contributed by atoms with van der Waals surface area (Å²) in [6.07, 6.45) is 12.2. The van der Waals surface area contributed by atoms with Crippen molar-refractivity contribution in [1.29, 1.82) is 0 Å². The Balaban J connectivity index is 0.000000411. The zero-order valence-corrected chi connectivity index (χ0v) is 13.9. The van der Waals surface area contributed by atoms with Gasteiger partial charge in [0.25, 0.3) is 0 Å². The van der Waals surface area contributed by atoms with E-state index in [-0.39, 0.29) is 11.6 Å². The Labute approximate surface area is 134 Å². The number of allylic oxidation sites excluding steroid dienone is 4. The molecule has 1 aromatic carbocycles. The molecule has 0 amide bonds. The molecule has 0 spiro atoms. The molecule has 122 valence electrons. The Bertz CT molecular complexity index is 435. The SMILES string of the molecule is C=C(C)O.C=C/C=C\C.Fc1ccc(C2CCCCC2)cc1. The van der Waals surface area contributed by atoms with Crippen LogP contribution in [-0.2, 0) is 0 Å². The van der Waals surface area contributed by atoms with E-state index in [4.69, 9.17) is 5.11 Å². The lowest BCUT2D eigenvalue weighted by atomic mass is 9.84. The summed E-state index contributed by atoms with van der Waals surface area (Å²) in [4.78, 5) is 0. The van der Waals surface area contributed by atoms with Crippen molar-refractivity contribution >= 4 is 0 Å². The van der Waals surface area contributed by atoms with Gasteiger partial charge in [-0.2, -0.15) is 0 Å². The molecular weight excluding hydrogens is 275 g/mol. The first-order chi connectivity index (χ1) is 10.5. The molecule has 1 aliphatic carbocycles. The van der Waals surface area contributed by atoms with Gasteiger partial charge in [0.05, 0.1) is 5.76 Å². The minimum absolute atomic E-state index is 0.125. The van der Waals surface area contributed by atoms with Gasteiger partial charge in [-0.1, -0.05) is 62.8 Å². The molecule has 0 aromatic heterocycles. The molecule has 0 heterocycles. The van der Waals surface area contributed by atoms with Crippen LogP contribution in [0, 0.1) is 5.82 Å². The molecule has 1 nitrogen and oxygen atoms in total. The van der Waals surface area contributed by atoms with Crippen LogP contribution >= 0.6 is 0 Å². The van der Waals surface area contributed by atoms with Crippen molar-refractivity contribution < 1.29 is 9.50 Å². The fourth-order valence-electron chi connectivity index (χ4n) is 2.31. The maximum atomic E-state index is 12.7. The van der Waals surface area contributed by atoms with Crippen LogP contribution in [-0.4, -0.2) is 5.11 Å². The molecular formula is C20H29FO. The predicted octanol–water partition coefficient (Wildman–Crippen LogP) is 6.70. The Morgan fingerprint density at radius 3 is 2.05 bits per heavy atom. The first-order valence-corrected chi connectivity index (χ1v) is 7.84. The second kappa shape index (κ2) is 12.9. The van der Waals surface area contributed by atoms with E-state index < -0.39 is 0 Å². The Morgan fingerprint density at radius 2 is 1.68 bits per heavy atom. The maximum Gasteiger partial charge on any atom is 0.123 e. The summed E-state index contributed by atoms with van der Waals surface area (Å²) in [6.45, 7) is 10.1. The van der Waals surface area contributed by atoms with Crippen molar-refractivity contribution in [3.8, 4) is 0 Å². The number of benzene rings is 1. The molecule has 0 atom stereocenters. The molecule has 1 fully saturated rings. The average molecular weight is 304 g/mol. The highest BCUT2D eigenvalue weighted by Crippen LogP contribution is 2.32. The molecule has 2 rings (SSSR count). The van der Waals surface area contributed by atoms with E-state index in [1.807, 2.05) is 31.2 Å². The molecule has 22 heavy (non-hydrogen) atoms. The van der Waals surface area contributed by atoms with Crippen LogP contribution in [0.5, 0.6) is 0 Å². The van der Waals surface area contributed by atoms with Crippen LogP contribution in [0.1, 0.15) is 57.4 Å². The van der Waals surface area contributed by atoms with Crippen LogP contribution in [0.25, 0.3) is 0 Å². The summed E-state index contributed by atoms with van der Waals surface area (Å²) < 4.78 is 12.7. The quantitative estimate of drug-likeness (QED) is 0.476. The standard InChI is InChI=1S/C12H15F.C5H8.C3H6O/c13-12-8-6-11(7-9-12)10-4-2-1-3-5-10;1-3-5-4-2;1-3(2)4/h6-10H,1-5H2;3-5H,1H2,2H3;4H,1H2,2H3/b;5-4-;. The number of hydrogen-bond acceptors (Lipinski definition) is 1. The van der Waals surface area contributed by atoms with Crippen molar-refractivity contribution in [2.45, 2.75) is 51.9 Å². The Hall–Kier alpha value is -1.83. The van der Waals surface area contributed by atoms with E-state index in [2.05, 4.69) is 13.2 Å². The lowest BCUT2D eigenvalue weighted by Gasteiger charge is -2.21. The average Bonchev–Trinajstić information content (AvgIpc) is 2.50. The van der Waals surface area contributed by atoms with E-state index in [0.717, 1.165) is 0 Å². The minimum atomic E-state index is -0.125. The van der Waals surface area contributed by atoms with Crippen molar-refractivity contribution in [3.63, 3.8) is 0 Å². The predicted molar refractivity (Wildman–Crippen MR) is 94.7 cm³/mol. The van der Waals surface area contributed by atoms with Crippen LogP contribution in [0.3, 0.4) is 0 Å². The Kier molecular flexibility index (Phi) is 11.8. The summed E-state index contributed by atoms with van der Waals surface area (Å²) in [5.74, 6) is 0.730. The number of rotatable bonds is 2. The number of aliphatic hydroxyl groups excluding tert-OH is 1. The highest BCUT2D eigenvalue weighted by Gasteiger charge is 2.14. The third-order valence-corrected chi connectivity index (χ3v) is 3.28. The van der Waals surface area contributed by atoms with Gasteiger partial charge in [-0.15, -0.1) is 0 Å². The molecule has 0 radical (unpaired) electrons. The molecule has 1 aliphatic rings. The lowest BCUT2D eigenvalue weighted by Crippen LogP contribution is -2.04. The second-order valence-corrected chi connectivity index (χ2v) is 5.38. The van der Waals surface area contributed by atoms with Gasteiger partial charge in [-0.25, -0.2) is 4.39 Å². The normalized spacial score (nSPS) is 14.3. The van der Waals surface area contributed by atoms with Crippen molar-refractivity contribution in [2.75, 3.05) is 0 Å². The van der Waals surface area contributed by atoms with Gasteiger partial charge in [-0.3, -0.25) is 0 Å². The lowest BCUT2D eigenvalue weighted by molar-refractivity contribution is 0.417. The fourth-order valence-corrected chi connectivity index (χ4v) is 2.31. The van der Waals surface area contributed by atoms with Gasteiger partial charge in [0.15, 0.2) is 0 Å². The van der Waals surface area contributed by atoms with Crippen LogP contribution in [0.2, 0.25) is 0 Å². The van der Waals surface area contributed by atoms with E-state index in [1.54, 1.807) is 18.2 Å². The summed E-state index contributed by atoms with van der Waals surface area (Å²) in [6, 6.07) is 7.02. The van der Waals surface area contributed by atoms with Gasteiger partial charge in [0.2, 0.25) is 0 Å². The van der Waals surface area contributed by atoms with Gasteiger partial charge < -0.3 is 5.11 Å². The monoisotopic (exact) mass is 304 g/mol. The van der Waals surface area contributed by atoms with Gasteiger partial charge in [0.1, 0.15) is 5.82 Å². The second-order valence-electron chi connectivity index (χ2n) is 5.38. The molecule has 0 bridgehead atoms.